The van der Waals surface area contributed by atoms with Gasteiger partial charge in [-0.2, -0.15) is 0 Å². The number of nitrogens with two attached hydrogens (primary N) is 1. The summed E-state index contributed by atoms with van der Waals surface area (Å²) in [6, 6.07) is 6.13. The van der Waals surface area contributed by atoms with E-state index in [4.69, 9.17) is 10.6 Å². The summed E-state index contributed by atoms with van der Waals surface area (Å²) >= 11 is 0. The van der Waals surface area contributed by atoms with Gasteiger partial charge >= 0.3 is 0 Å². The molecule has 4 heteroatoms. The van der Waals surface area contributed by atoms with Gasteiger partial charge in [0.05, 0.1) is 11.4 Å². The van der Waals surface area contributed by atoms with Gasteiger partial charge in [-0.15, -0.1) is 0 Å². The number of hydrazine groups is 1. The van der Waals surface area contributed by atoms with Gasteiger partial charge in [0.2, 0.25) is 0 Å². The van der Waals surface area contributed by atoms with E-state index >= 15 is 0 Å². The molecule has 0 unspecified atom stereocenters. The SMILES string of the molecule is CC\C=C/C=N\C(C)=C\OCc1c(CC)cccc1N(C)N. The number of nitrogens with zero attached hydrogens (tertiary/aromatic N) is 2. The monoisotopic (exact) mass is 301 g/mol. The molecule has 0 saturated heterocycles. The van der Waals surface area contributed by atoms with Gasteiger partial charge in [0.15, 0.2) is 0 Å². The van der Waals surface area contributed by atoms with Crippen LogP contribution in [0.1, 0.15) is 38.3 Å². The Morgan fingerprint density at radius 2 is 2.14 bits per heavy atom. The van der Waals surface area contributed by atoms with Gasteiger partial charge in [0.1, 0.15) is 12.9 Å². The van der Waals surface area contributed by atoms with Crippen LogP contribution in [0.25, 0.3) is 0 Å². The largest absolute Gasteiger partial charge is 0.495 e. The molecule has 1 aromatic carbocycles. The first-order valence-corrected chi connectivity index (χ1v) is 7.66. The summed E-state index contributed by atoms with van der Waals surface area (Å²) in [5.74, 6) is 5.90. The van der Waals surface area contributed by atoms with Crippen LogP contribution in [0.2, 0.25) is 0 Å². The third kappa shape index (κ3) is 5.74. The molecule has 0 radical (unpaired) electrons. The van der Waals surface area contributed by atoms with Crippen LogP contribution in [0, 0.1) is 0 Å². The minimum atomic E-state index is 0.485. The van der Waals surface area contributed by atoms with Gasteiger partial charge in [-0.1, -0.05) is 32.1 Å². The van der Waals surface area contributed by atoms with Crippen molar-refractivity contribution >= 4 is 11.9 Å². The zero-order valence-electron chi connectivity index (χ0n) is 14.0. The molecule has 0 heterocycles. The van der Waals surface area contributed by atoms with Crippen LogP contribution >= 0.6 is 0 Å². The molecule has 0 spiro atoms. The molecule has 0 aliphatic rings. The van der Waals surface area contributed by atoms with Crippen LogP contribution in [0.4, 0.5) is 5.69 Å². The van der Waals surface area contributed by atoms with Crippen LogP contribution < -0.4 is 10.9 Å². The Balaban J connectivity index is 2.75. The van der Waals surface area contributed by atoms with Crippen LogP contribution in [0.15, 0.2) is 47.3 Å². The predicted octanol–water partition coefficient (Wildman–Crippen LogP) is 3.97. The Bertz CT molecular complexity index is 545. The van der Waals surface area contributed by atoms with Crippen molar-refractivity contribution in [1.29, 1.82) is 0 Å². The summed E-state index contributed by atoms with van der Waals surface area (Å²) in [6.45, 7) is 6.62. The highest BCUT2D eigenvalue weighted by Gasteiger charge is 2.09. The van der Waals surface area contributed by atoms with Gasteiger partial charge in [-0.3, -0.25) is 4.99 Å². The zero-order chi connectivity index (χ0) is 16.4. The second kappa shape index (κ2) is 9.79. The third-order valence-electron chi connectivity index (χ3n) is 3.23. The predicted molar refractivity (Wildman–Crippen MR) is 94.9 cm³/mol. The molecule has 0 fully saturated rings. The van der Waals surface area contributed by atoms with Crippen molar-refractivity contribution in [3.05, 3.63) is 53.4 Å². The molecule has 0 saturated carbocycles. The van der Waals surface area contributed by atoms with Crippen LogP contribution in [-0.2, 0) is 17.8 Å². The molecule has 2 N–H and O–H groups in total. The number of allylic oxidation sites excluding steroid dienone is 3. The van der Waals surface area contributed by atoms with Crippen molar-refractivity contribution in [3.8, 4) is 0 Å². The van der Waals surface area contributed by atoms with E-state index in [2.05, 4.69) is 31.0 Å². The molecular formula is C18H27N3O. The normalized spacial score (nSPS) is 12.3. The number of anilines is 1. The topological polar surface area (TPSA) is 50.8 Å². The van der Waals surface area contributed by atoms with Gasteiger partial charge in [0, 0.05) is 18.8 Å². The van der Waals surface area contributed by atoms with Crippen LogP contribution in [0.3, 0.4) is 0 Å². The molecule has 120 valence electrons. The number of rotatable bonds is 8. The second-order valence-corrected chi connectivity index (χ2v) is 5.06. The fraction of sp³-hybridized carbons (Fsp3) is 0.389. The average molecular weight is 301 g/mol. The molecule has 1 rings (SSSR count). The number of aryl methyl sites for hydroxylation is 1. The van der Waals surface area contributed by atoms with Crippen molar-refractivity contribution in [2.24, 2.45) is 10.8 Å². The van der Waals surface area contributed by atoms with E-state index < -0.39 is 0 Å². The van der Waals surface area contributed by atoms with E-state index in [0.29, 0.717) is 6.61 Å². The van der Waals surface area contributed by atoms with Crippen LogP contribution in [-0.4, -0.2) is 13.3 Å². The van der Waals surface area contributed by atoms with E-state index in [1.807, 2.05) is 32.2 Å². The standard InChI is InChI=1S/C18H27N3O/c1-5-7-8-12-20-15(3)13-22-14-17-16(6-2)10-9-11-18(17)21(4)19/h7-13H,5-6,14,19H2,1-4H3/b8-7-,15-13+,20-12-. The summed E-state index contributed by atoms with van der Waals surface area (Å²) in [6.07, 6.45) is 9.40. The minimum absolute atomic E-state index is 0.485. The van der Waals surface area contributed by atoms with Gasteiger partial charge in [-0.05, 0) is 37.5 Å². The Kier molecular flexibility index (Phi) is 8.00. The van der Waals surface area contributed by atoms with Crippen molar-refractivity contribution in [2.75, 3.05) is 12.1 Å². The molecule has 1 aromatic rings. The van der Waals surface area contributed by atoms with E-state index in [1.54, 1.807) is 17.5 Å². The smallest absolute Gasteiger partial charge is 0.115 e. The summed E-state index contributed by atoms with van der Waals surface area (Å²) in [7, 11) is 1.84. The highest BCUT2D eigenvalue weighted by Crippen LogP contribution is 2.23. The molecular weight excluding hydrogens is 274 g/mol. The van der Waals surface area contributed by atoms with Gasteiger partial charge in [0.25, 0.3) is 0 Å². The van der Waals surface area contributed by atoms with Gasteiger partial charge in [-0.25, -0.2) is 5.84 Å². The minimum Gasteiger partial charge on any atom is -0.495 e. The Hall–Kier alpha value is -2.07. The average Bonchev–Trinajstić information content (AvgIpc) is 2.51. The maximum absolute atomic E-state index is 5.90. The van der Waals surface area contributed by atoms with Crippen LogP contribution in [0.5, 0.6) is 0 Å². The van der Waals surface area contributed by atoms with Crippen molar-refractivity contribution < 1.29 is 4.74 Å². The Morgan fingerprint density at radius 3 is 2.77 bits per heavy atom. The third-order valence-corrected chi connectivity index (χ3v) is 3.23. The lowest BCUT2D eigenvalue weighted by molar-refractivity contribution is 0.233. The first-order chi connectivity index (χ1) is 10.6. The molecule has 0 atom stereocenters. The van der Waals surface area contributed by atoms with E-state index in [0.717, 1.165) is 29.8 Å². The highest BCUT2D eigenvalue weighted by molar-refractivity contribution is 5.71. The summed E-state index contributed by atoms with van der Waals surface area (Å²) in [5.41, 5.74) is 4.18. The number of aliphatic imine (C=N–C) groups is 1. The van der Waals surface area contributed by atoms with Crippen molar-refractivity contribution in [2.45, 2.75) is 40.2 Å². The second-order valence-electron chi connectivity index (χ2n) is 5.06. The summed E-state index contributed by atoms with van der Waals surface area (Å²) < 4.78 is 5.69. The lowest BCUT2D eigenvalue weighted by Crippen LogP contribution is -2.26. The molecule has 4 nitrogen and oxygen atoms in total. The van der Waals surface area contributed by atoms with Crippen molar-refractivity contribution in [3.63, 3.8) is 0 Å². The van der Waals surface area contributed by atoms with E-state index in [9.17, 15) is 0 Å². The number of benzene rings is 1. The molecule has 22 heavy (non-hydrogen) atoms. The first-order valence-electron chi connectivity index (χ1n) is 7.66. The molecule has 0 bridgehead atoms. The number of hydrogen-bond donors (Lipinski definition) is 1. The van der Waals surface area contributed by atoms with E-state index in [1.165, 1.54) is 5.56 Å². The lowest BCUT2D eigenvalue weighted by Gasteiger charge is -2.19. The molecule has 0 aromatic heterocycles. The van der Waals surface area contributed by atoms with Crippen molar-refractivity contribution in [1.82, 2.24) is 0 Å². The Morgan fingerprint density at radius 1 is 1.36 bits per heavy atom. The maximum Gasteiger partial charge on any atom is 0.115 e. The quantitative estimate of drug-likeness (QED) is 0.342. The molecule has 0 amide bonds. The van der Waals surface area contributed by atoms with E-state index in [-0.39, 0.29) is 0 Å². The fourth-order valence-corrected chi connectivity index (χ4v) is 2.08. The Labute approximate surface area is 134 Å². The fourth-order valence-electron chi connectivity index (χ4n) is 2.08. The number of hydrogen-bond acceptors (Lipinski definition) is 4. The maximum atomic E-state index is 5.90. The molecule has 0 aliphatic heterocycles. The number of ether oxygens (including phenoxy) is 1. The highest BCUT2D eigenvalue weighted by atomic mass is 16.5. The summed E-state index contributed by atoms with van der Waals surface area (Å²) in [4.78, 5) is 4.28. The van der Waals surface area contributed by atoms with Gasteiger partial charge < -0.3 is 9.75 Å². The first kappa shape index (κ1) is 18.0. The lowest BCUT2D eigenvalue weighted by atomic mass is 10.0. The summed E-state index contributed by atoms with van der Waals surface area (Å²) in [5, 5.41) is 1.63. The molecule has 0 aliphatic carbocycles. The zero-order valence-corrected chi connectivity index (χ0v) is 14.0.